The number of hydrogen-bond acceptors (Lipinski definition) is 3. The van der Waals surface area contributed by atoms with Crippen molar-refractivity contribution in [3.63, 3.8) is 0 Å². The molecule has 0 spiro atoms. The van der Waals surface area contributed by atoms with Gasteiger partial charge in [0.25, 0.3) is 0 Å². The van der Waals surface area contributed by atoms with Crippen LogP contribution in [0.3, 0.4) is 0 Å². The van der Waals surface area contributed by atoms with Gasteiger partial charge in [0.1, 0.15) is 5.69 Å². The highest BCUT2D eigenvalue weighted by Gasteiger charge is 2.46. The fourth-order valence-corrected chi connectivity index (χ4v) is 1.75. The Bertz CT molecular complexity index is 687. The van der Waals surface area contributed by atoms with E-state index in [0.29, 0.717) is 5.56 Å². The Hall–Kier alpha value is -1.96. The number of oxazole rings is 1. The molecule has 1 aromatic carbocycles. The second-order valence-electron chi connectivity index (χ2n) is 6.21. The zero-order valence-corrected chi connectivity index (χ0v) is 13.2. The highest BCUT2D eigenvalue weighted by Crippen LogP contribution is 2.39. The third kappa shape index (κ3) is 3.92. The molecule has 1 heterocycles. The molecule has 8 heteroatoms. The summed E-state index contributed by atoms with van der Waals surface area (Å²) in [5, 5.41) is 0. The van der Waals surface area contributed by atoms with Gasteiger partial charge in [0.15, 0.2) is 0 Å². The summed E-state index contributed by atoms with van der Waals surface area (Å²) >= 11 is 0. The van der Waals surface area contributed by atoms with Crippen LogP contribution in [0.2, 0.25) is 0 Å². The molecule has 0 radical (unpaired) electrons. The molecule has 0 aliphatic heterocycles. The summed E-state index contributed by atoms with van der Waals surface area (Å²) in [4.78, 5) is 3.69. The summed E-state index contributed by atoms with van der Waals surface area (Å²) in [5.74, 6) is -1.74. The lowest BCUT2D eigenvalue weighted by molar-refractivity contribution is -0.301. The van der Waals surface area contributed by atoms with Gasteiger partial charge in [-0.1, -0.05) is 39.0 Å². The van der Waals surface area contributed by atoms with Crippen LogP contribution >= 0.6 is 0 Å². The number of benzene rings is 1. The summed E-state index contributed by atoms with van der Waals surface area (Å²) in [6, 6.07) is 7.86. The molecular formula is C16H16F5NO2. The maximum Gasteiger partial charge on any atom is 0.451 e. The molecule has 24 heavy (non-hydrogen) atoms. The van der Waals surface area contributed by atoms with Gasteiger partial charge < -0.3 is 9.15 Å². The minimum absolute atomic E-state index is 0.303. The molecule has 0 unspecified atom stereocenters. The SMILES string of the molecule is CC(C)(C)C(F)(F)OCc1nc(-c2ccccc2)oc1C(F)(F)F. The average Bonchev–Trinajstić information content (AvgIpc) is 2.89. The monoisotopic (exact) mass is 349 g/mol. The Morgan fingerprint density at radius 1 is 1.00 bits per heavy atom. The average molecular weight is 349 g/mol. The van der Waals surface area contributed by atoms with Gasteiger partial charge in [-0.15, -0.1) is 0 Å². The standard InChI is InChI=1S/C16H16F5NO2/c1-14(2,3)16(20,21)23-9-11-12(15(17,18)19)24-13(22-11)10-7-5-4-6-8-10/h4-8H,9H2,1-3H3. The Morgan fingerprint density at radius 2 is 1.58 bits per heavy atom. The number of nitrogens with zero attached hydrogens (tertiary/aromatic N) is 1. The van der Waals surface area contributed by atoms with Crippen LogP contribution in [0.4, 0.5) is 22.0 Å². The van der Waals surface area contributed by atoms with Crippen LogP contribution in [-0.2, 0) is 17.5 Å². The second kappa shape index (κ2) is 6.16. The summed E-state index contributed by atoms with van der Waals surface area (Å²) < 4.78 is 76.0. The van der Waals surface area contributed by atoms with Crippen LogP contribution in [0, 0.1) is 5.41 Å². The van der Waals surface area contributed by atoms with Crippen molar-refractivity contribution in [2.45, 2.75) is 39.7 Å². The predicted octanol–water partition coefficient (Wildman–Crippen LogP) is 5.52. The highest BCUT2D eigenvalue weighted by molar-refractivity contribution is 5.53. The van der Waals surface area contributed by atoms with Crippen molar-refractivity contribution in [2.75, 3.05) is 0 Å². The molecule has 1 aromatic heterocycles. The number of rotatable bonds is 4. The molecule has 0 atom stereocenters. The van der Waals surface area contributed by atoms with E-state index < -0.39 is 35.8 Å². The minimum Gasteiger partial charge on any atom is -0.431 e. The normalized spacial score (nSPS) is 13.3. The van der Waals surface area contributed by atoms with Crippen molar-refractivity contribution in [3.8, 4) is 11.5 Å². The number of hydrogen-bond donors (Lipinski definition) is 0. The predicted molar refractivity (Wildman–Crippen MR) is 76.1 cm³/mol. The zero-order valence-electron chi connectivity index (χ0n) is 13.2. The summed E-state index contributed by atoms with van der Waals surface area (Å²) in [7, 11) is 0. The summed E-state index contributed by atoms with van der Waals surface area (Å²) in [6.45, 7) is 2.64. The minimum atomic E-state index is -4.87. The molecule has 0 N–H and O–H groups in total. The van der Waals surface area contributed by atoms with Crippen LogP contribution in [-0.4, -0.2) is 11.1 Å². The molecule has 0 amide bonds. The molecule has 0 aliphatic carbocycles. The molecule has 0 saturated heterocycles. The summed E-state index contributed by atoms with van der Waals surface area (Å²) in [5.41, 5.74) is -1.99. The number of aromatic nitrogens is 1. The first-order chi connectivity index (χ1) is 10.9. The number of ether oxygens (including phenoxy) is 1. The molecule has 2 rings (SSSR count). The third-order valence-corrected chi connectivity index (χ3v) is 3.24. The van der Waals surface area contributed by atoms with Crippen molar-refractivity contribution < 1.29 is 31.1 Å². The lowest BCUT2D eigenvalue weighted by Gasteiger charge is -2.29. The van der Waals surface area contributed by atoms with Gasteiger partial charge in [0.05, 0.1) is 12.0 Å². The Balaban J connectivity index is 2.34. The van der Waals surface area contributed by atoms with E-state index in [1.54, 1.807) is 18.2 Å². The van der Waals surface area contributed by atoms with Crippen LogP contribution in [0.1, 0.15) is 32.2 Å². The van der Waals surface area contributed by atoms with E-state index in [4.69, 9.17) is 4.42 Å². The van der Waals surface area contributed by atoms with E-state index in [-0.39, 0.29) is 5.89 Å². The lowest BCUT2D eigenvalue weighted by Crippen LogP contribution is -2.36. The van der Waals surface area contributed by atoms with Gasteiger partial charge in [-0.05, 0) is 12.1 Å². The van der Waals surface area contributed by atoms with Gasteiger partial charge in [0.2, 0.25) is 11.7 Å². The van der Waals surface area contributed by atoms with E-state index in [0.717, 1.165) is 0 Å². The highest BCUT2D eigenvalue weighted by atomic mass is 19.4. The molecular weight excluding hydrogens is 333 g/mol. The van der Waals surface area contributed by atoms with Crippen LogP contribution in [0.15, 0.2) is 34.7 Å². The van der Waals surface area contributed by atoms with Gasteiger partial charge in [-0.2, -0.15) is 22.0 Å². The maximum absolute atomic E-state index is 13.8. The fourth-order valence-electron chi connectivity index (χ4n) is 1.75. The van der Waals surface area contributed by atoms with Crippen LogP contribution in [0.5, 0.6) is 0 Å². The van der Waals surface area contributed by atoms with E-state index in [9.17, 15) is 22.0 Å². The van der Waals surface area contributed by atoms with Gasteiger partial charge in [0, 0.05) is 5.56 Å². The lowest BCUT2D eigenvalue weighted by atomic mass is 9.95. The Labute approximate surface area is 135 Å². The van der Waals surface area contributed by atoms with Crippen molar-refractivity contribution >= 4 is 0 Å². The maximum atomic E-state index is 13.8. The fraction of sp³-hybridized carbons (Fsp3) is 0.438. The van der Waals surface area contributed by atoms with E-state index in [1.807, 2.05) is 0 Å². The quantitative estimate of drug-likeness (QED) is 0.682. The molecule has 0 bridgehead atoms. The van der Waals surface area contributed by atoms with Gasteiger partial charge in [-0.25, -0.2) is 4.98 Å². The summed E-state index contributed by atoms with van der Waals surface area (Å²) in [6.07, 6.45) is -8.49. The van der Waals surface area contributed by atoms with Crippen molar-refractivity contribution in [1.29, 1.82) is 0 Å². The number of alkyl halides is 5. The molecule has 0 aliphatic rings. The van der Waals surface area contributed by atoms with Gasteiger partial charge in [-0.3, -0.25) is 0 Å². The van der Waals surface area contributed by atoms with E-state index in [2.05, 4.69) is 9.72 Å². The van der Waals surface area contributed by atoms with E-state index >= 15 is 0 Å². The molecule has 2 aromatic rings. The smallest absolute Gasteiger partial charge is 0.431 e. The van der Waals surface area contributed by atoms with Crippen molar-refractivity contribution in [1.82, 2.24) is 4.98 Å². The first-order valence-corrected chi connectivity index (χ1v) is 7.06. The van der Waals surface area contributed by atoms with Gasteiger partial charge >= 0.3 is 12.3 Å². The Morgan fingerprint density at radius 3 is 2.08 bits per heavy atom. The Kier molecular flexibility index (Phi) is 4.72. The second-order valence-corrected chi connectivity index (χ2v) is 6.21. The molecule has 0 saturated carbocycles. The molecule has 0 fully saturated rings. The van der Waals surface area contributed by atoms with Crippen LogP contribution in [0.25, 0.3) is 11.5 Å². The molecule has 3 nitrogen and oxygen atoms in total. The van der Waals surface area contributed by atoms with Crippen LogP contribution < -0.4 is 0 Å². The molecule has 132 valence electrons. The number of halogens is 5. The van der Waals surface area contributed by atoms with E-state index in [1.165, 1.54) is 32.9 Å². The van der Waals surface area contributed by atoms with Crippen molar-refractivity contribution in [3.05, 3.63) is 41.8 Å². The first kappa shape index (κ1) is 18.4. The third-order valence-electron chi connectivity index (χ3n) is 3.24. The van der Waals surface area contributed by atoms with Crippen molar-refractivity contribution in [2.24, 2.45) is 5.41 Å². The topological polar surface area (TPSA) is 35.3 Å². The first-order valence-electron chi connectivity index (χ1n) is 7.06. The largest absolute Gasteiger partial charge is 0.451 e. The zero-order chi connectivity index (χ0) is 18.2.